The standard InChI is InChI=1S/C20H22FN3O/c21-18-11-9-16(10-12-18)15-22-23-20(25)19(17-7-3-1-4-8-17)24-13-5-2-6-14-24/h1,3-4,7-12,15,19H,2,5-6,13-14H2,(H,23,25)/p+1/b22-15+/t19-/m0/s1. The molecule has 1 saturated heterocycles. The smallest absolute Gasteiger partial charge is 0.303 e. The van der Waals surface area contributed by atoms with E-state index in [1.165, 1.54) is 29.7 Å². The van der Waals surface area contributed by atoms with Crippen molar-refractivity contribution in [3.8, 4) is 0 Å². The largest absolute Gasteiger partial charge is 0.321 e. The average Bonchev–Trinajstić information content (AvgIpc) is 2.65. The lowest BCUT2D eigenvalue weighted by molar-refractivity contribution is -0.926. The number of likely N-dealkylation sites (tertiary alicyclic amines) is 1. The summed E-state index contributed by atoms with van der Waals surface area (Å²) >= 11 is 0. The Labute approximate surface area is 147 Å². The van der Waals surface area contributed by atoms with E-state index in [1.54, 1.807) is 12.1 Å². The number of carbonyl (C=O) groups is 1. The highest BCUT2D eigenvalue weighted by Gasteiger charge is 2.32. The molecule has 130 valence electrons. The first kappa shape index (κ1) is 17.3. The van der Waals surface area contributed by atoms with Gasteiger partial charge in [-0.05, 0) is 37.0 Å². The number of quaternary nitrogens is 1. The van der Waals surface area contributed by atoms with E-state index in [1.807, 2.05) is 30.3 Å². The van der Waals surface area contributed by atoms with Gasteiger partial charge in [-0.2, -0.15) is 5.10 Å². The third-order valence-electron chi connectivity index (χ3n) is 4.56. The first-order valence-corrected chi connectivity index (χ1v) is 8.72. The van der Waals surface area contributed by atoms with Gasteiger partial charge >= 0.3 is 5.91 Å². The molecule has 0 aromatic heterocycles. The number of piperidine rings is 1. The average molecular weight is 340 g/mol. The Kier molecular flexibility index (Phi) is 5.90. The van der Waals surface area contributed by atoms with Crippen molar-refractivity contribution in [2.45, 2.75) is 25.3 Å². The molecule has 1 aliphatic rings. The van der Waals surface area contributed by atoms with Gasteiger partial charge in [0.1, 0.15) is 5.82 Å². The van der Waals surface area contributed by atoms with E-state index in [0.717, 1.165) is 37.1 Å². The minimum Gasteiger partial charge on any atom is -0.321 e. The van der Waals surface area contributed by atoms with Crippen LogP contribution in [0.1, 0.15) is 36.4 Å². The molecule has 4 nitrogen and oxygen atoms in total. The highest BCUT2D eigenvalue weighted by molar-refractivity contribution is 5.84. The normalized spacial score (nSPS) is 16.7. The van der Waals surface area contributed by atoms with Gasteiger partial charge in [0, 0.05) is 5.56 Å². The van der Waals surface area contributed by atoms with Crippen LogP contribution in [-0.4, -0.2) is 25.2 Å². The Morgan fingerprint density at radius 3 is 2.40 bits per heavy atom. The molecule has 0 bridgehead atoms. The molecule has 5 heteroatoms. The van der Waals surface area contributed by atoms with Gasteiger partial charge in [-0.3, -0.25) is 4.79 Å². The van der Waals surface area contributed by atoms with Crippen molar-refractivity contribution in [2.24, 2.45) is 5.10 Å². The fourth-order valence-corrected chi connectivity index (χ4v) is 3.30. The van der Waals surface area contributed by atoms with Crippen LogP contribution in [0.2, 0.25) is 0 Å². The summed E-state index contributed by atoms with van der Waals surface area (Å²) in [4.78, 5) is 14.1. The van der Waals surface area contributed by atoms with Gasteiger partial charge < -0.3 is 4.90 Å². The molecule has 2 aromatic carbocycles. The maximum absolute atomic E-state index is 12.9. The number of carbonyl (C=O) groups excluding carboxylic acids is 1. The van der Waals surface area contributed by atoms with E-state index in [0.29, 0.717) is 0 Å². The predicted octanol–water partition coefficient (Wildman–Crippen LogP) is 2.09. The van der Waals surface area contributed by atoms with E-state index < -0.39 is 0 Å². The molecule has 0 radical (unpaired) electrons. The van der Waals surface area contributed by atoms with Gasteiger partial charge in [-0.25, -0.2) is 9.82 Å². The molecule has 1 heterocycles. The molecular formula is C20H23FN3O+. The maximum Gasteiger partial charge on any atom is 0.303 e. The molecule has 1 amide bonds. The van der Waals surface area contributed by atoms with Crippen LogP contribution in [0.3, 0.4) is 0 Å². The van der Waals surface area contributed by atoms with Crippen molar-refractivity contribution in [1.82, 2.24) is 5.43 Å². The van der Waals surface area contributed by atoms with Crippen molar-refractivity contribution in [2.75, 3.05) is 13.1 Å². The molecular weight excluding hydrogens is 317 g/mol. The molecule has 0 unspecified atom stereocenters. The lowest BCUT2D eigenvalue weighted by Crippen LogP contribution is -3.14. The number of nitrogens with one attached hydrogen (secondary N) is 2. The number of hydrogen-bond acceptors (Lipinski definition) is 2. The van der Waals surface area contributed by atoms with Crippen LogP contribution in [0, 0.1) is 5.82 Å². The summed E-state index contributed by atoms with van der Waals surface area (Å²) in [5.74, 6) is -0.402. The summed E-state index contributed by atoms with van der Waals surface area (Å²) in [6.45, 7) is 1.99. The van der Waals surface area contributed by atoms with E-state index in [-0.39, 0.29) is 17.8 Å². The molecule has 1 fully saturated rings. The molecule has 1 aliphatic heterocycles. The van der Waals surface area contributed by atoms with Crippen LogP contribution < -0.4 is 10.3 Å². The van der Waals surface area contributed by atoms with Crippen LogP contribution in [0.4, 0.5) is 4.39 Å². The zero-order valence-electron chi connectivity index (χ0n) is 14.1. The van der Waals surface area contributed by atoms with E-state index in [4.69, 9.17) is 0 Å². The van der Waals surface area contributed by atoms with Crippen LogP contribution in [0.25, 0.3) is 0 Å². The van der Waals surface area contributed by atoms with Crippen LogP contribution in [0.15, 0.2) is 59.7 Å². The van der Waals surface area contributed by atoms with E-state index in [2.05, 4.69) is 10.5 Å². The molecule has 3 rings (SSSR count). The first-order chi connectivity index (χ1) is 12.2. The number of amides is 1. The molecule has 1 atom stereocenters. The van der Waals surface area contributed by atoms with Gasteiger partial charge in [0.25, 0.3) is 0 Å². The molecule has 25 heavy (non-hydrogen) atoms. The number of halogens is 1. The minimum absolute atomic E-state index is 0.110. The molecule has 0 aliphatic carbocycles. The fraction of sp³-hybridized carbons (Fsp3) is 0.300. The summed E-state index contributed by atoms with van der Waals surface area (Å²) in [5.41, 5.74) is 4.40. The summed E-state index contributed by atoms with van der Waals surface area (Å²) in [6, 6.07) is 15.6. The second-order valence-electron chi connectivity index (χ2n) is 6.35. The minimum atomic E-state index is -0.293. The highest BCUT2D eigenvalue weighted by atomic mass is 19.1. The van der Waals surface area contributed by atoms with Crippen LogP contribution in [0.5, 0.6) is 0 Å². The number of hydrazone groups is 1. The number of benzene rings is 2. The lowest BCUT2D eigenvalue weighted by atomic mass is 10.0. The van der Waals surface area contributed by atoms with Crippen molar-refractivity contribution >= 4 is 12.1 Å². The third-order valence-corrected chi connectivity index (χ3v) is 4.56. The van der Waals surface area contributed by atoms with Crippen molar-refractivity contribution in [3.05, 3.63) is 71.5 Å². The van der Waals surface area contributed by atoms with Crippen molar-refractivity contribution < 1.29 is 14.1 Å². The monoisotopic (exact) mass is 340 g/mol. The topological polar surface area (TPSA) is 45.9 Å². The molecule has 2 aromatic rings. The first-order valence-electron chi connectivity index (χ1n) is 8.72. The third kappa shape index (κ3) is 4.73. The molecule has 2 N–H and O–H groups in total. The molecule has 0 saturated carbocycles. The van der Waals surface area contributed by atoms with Crippen molar-refractivity contribution in [3.63, 3.8) is 0 Å². The van der Waals surface area contributed by atoms with Gasteiger partial charge in [0.15, 0.2) is 6.04 Å². The second-order valence-corrected chi connectivity index (χ2v) is 6.35. The zero-order chi connectivity index (χ0) is 17.5. The number of hydrogen-bond donors (Lipinski definition) is 2. The van der Waals surface area contributed by atoms with E-state index in [9.17, 15) is 9.18 Å². The predicted molar refractivity (Wildman–Crippen MR) is 95.9 cm³/mol. The van der Waals surface area contributed by atoms with Crippen LogP contribution in [-0.2, 0) is 4.79 Å². The van der Waals surface area contributed by atoms with E-state index >= 15 is 0 Å². The number of rotatable bonds is 5. The maximum atomic E-state index is 12.9. The zero-order valence-corrected chi connectivity index (χ0v) is 14.1. The highest BCUT2D eigenvalue weighted by Crippen LogP contribution is 2.11. The summed E-state index contributed by atoms with van der Waals surface area (Å²) in [7, 11) is 0. The summed E-state index contributed by atoms with van der Waals surface area (Å²) < 4.78 is 12.9. The summed E-state index contributed by atoms with van der Waals surface area (Å²) in [5, 5.41) is 4.05. The Balaban J connectivity index is 1.71. The van der Waals surface area contributed by atoms with Gasteiger partial charge in [0.2, 0.25) is 0 Å². The molecule has 0 spiro atoms. The van der Waals surface area contributed by atoms with Crippen molar-refractivity contribution in [1.29, 1.82) is 0 Å². The van der Waals surface area contributed by atoms with Gasteiger partial charge in [-0.15, -0.1) is 0 Å². The quantitative estimate of drug-likeness (QED) is 0.635. The number of nitrogens with zero attached hydrogens (tertiary/aromatic N) is 1. The summed E-state index contributed by atoms with van der Waals surface area (Å²) in [6.07, 6.45) is 5.05. The SMILES string of the molecule is O=C(N/N=C/c1ccc(F)cc1)[C@H](c1ccccc1)[NH+]1CCCCC1. The Morgan fingerprint density at radius 2 is 1.72 bits per heavy atom. The lowest BCUT2D eigenvalue weighted by Gasteiger charge is -2.30. The Bertz CT molecular complexity index is 709. The Morgan fingerprint density at radius 1 is 1.04 bits per heavy atom. The van der Waals surface area contributed by atoms with Gasteiger partial charge in [0.05, 0.1) is 19.3 Å². The fourth-order valence-electron chi connectivity index (χ4n) is 3.30. The van der Waals surface area contributed by atoms with Gasteiger partial charge in [-0.1, -0.05) is 42.5 Å². The second kappa shape index (κ2) is 8.53. The Hall–Kier alpha value is -2.53. The van der Waals surface area contributed by atoms with Crippen LogP contribution >= 0.6 is 0 Å².